The number of methoxy groups -OCH3 is 2. The van der Waals surface area contributed by atoms with Crippen LogP contribution in [0.15, 0.2) is 48.5 Å². The molecule has 0 bridgehead atoms. The van der Waals surface area contributed by atoms with E-state index in [1.54, 1.807) is 14.2 Å². The second-order valence-electron chi connectivity index (χ2n) is 5.33. The molecule has 0 spiro atoms. The standard InChI is InChI=1S/C18H22ClNO3/c1-18(17(12-20)22-3,13-7-6-8-14(19)11-13)23-16-10-5-4-9-15(16)21-2/h4-11,17H,12,20H2,1-3H3. The van der Waals surface area contributed by atoms with Gasteiger partial charge in [-0.25, -0.2) is 0 Å². The summed E-state index contributed by atoms with van der Waals surface area (Å²) in [6, 6.07) is 15.0. The van der Waals surface area contributed by atoms with E-state index in [0.717, 1.165) is 5.56 Å². The van der Waals surface area contributed by atoms with Crippen molar-refractivity contribution in [2.75, 3.05) is 20.8 Å². The van der Waals surface area contributed by atoms with Gasteiger partial charge in [0.1, 0.15) is 6.10 Å². The third-order valence-corrected chi connectivity index (χ3v) is 4.14. The predicted octanol–water partition coefficient (Wildman–Crippen LogP) is 3.62. The van der Waals surface area contributed by atoms with Crippen LogP contribution in [0.4, 0.5) is 0 Å². The molecule has 0 amide bonds. The molecule has 0 heterocycles. The first-order chi connectivity index (χ1) is 11.0. The molecular weight excluding hydrogens is 314 g/mol. The van der Waals surface area contributed by atoms with Gasteiger partial charge in [0.15, 0.2) is 17.1 Å². The molecule has 0 aliphatic carbocycles. The first kappa shape index (κ1) is 17.6. The molecule has 0 aliphatic rings. The molecule has 2 unspecified atom stereocenters. The lowest BCUT2D eigenvalue weighted by molar-refractivity contribution is -0.0646. The molecule has 0 fully saturated rings. The normalized spacial score (nSPS) is 14.8. The lowest BCUT2D eigenvalue weighted by atomic mass is 9.89. The Bertz CT molecular complexity index is 646. The van der Waals surface area contributed by atoms with Crippen molar-refractivity contribution in [2.45, 2.75) is 18.6 Å². The summed E-state index contributed by atoms with van der Waals surface area (Å²) < 4.78 is 17.3. The number of nitrogens with two attached hydrogens (primary N) is 1. The number of hydrogen-bond donors (Lipinski definition) is 1. The van der Waals surface area contributed by atoms with Crippen molar-refractivity contribution < 1.29 is 14.2 Å². The summed E-state index contributed by atoms with van der Waals surface area (Å²) in [7, 11) is 3.22. The van der Waals surface area contributed by atoms with Crippen LogP contribution in [0, 0.1) is 0 Å². The van der Waals surface area contributed by atoms with Gasteiger partial charge in [-0.2, -0.15) is 0 Å². The number of halogens is 1. The fraction of sp³-hybridized carbons (Fsp3) is 0.333. The lowest BCUT2D eigenvalue weighted by Gasteiger charge is -2.37. The van der Waals surface area contributed by atoms with E-state index in [2.05, 4.69) is 0 Å². The quantitative estimate of drug-likeness (QED) is 0.839. The summed E-state index contributed by atoms with van der Waals surface area (Å²) in [6.45, 7) is 2.24. The van der Waals surface area contributed by atoms with Gasteiger partial charge in [-0.05, 0) is 36.8 Å². The van der Waals surface area contributed by atoms with E-state index in [-0.39, 0.29) is 6.10 Å². The van der Waals surface area contributed by atoms with Crippen molar-refractivity contribution in [1.82, 2.24) is 0 Å². The van der Waals surface area contributed by atoms with Crippen molar-refractivity contribution >= 4 is 11.6 Å². The SMILES string of the molecule is COc1ccccc1OC(C)(c1cccc(Cl)c1)C(CN)OC. The molecule has 0 saturated heterocycles. The van der Waals surface area contributed by atoms with E-state index in [4.69, 9.17) is 31.5 Å². The van der Waals surface area contributed by atoms with Gasteiger partial charge in [-0.1, -0.05) is 35.9 Å². The van der Waals surface area contributed by atoms with Gasteiger partial charge in [-0.3, -0.25) is 0 Å². The van der Waals surface area contributed by atoms with Crippen LogP contribution in [-0.2, 0) is 10.3 Å². The minimum Gasteiger partial charge on any atom is -0.493 e. The Morgan fingerprint density at radius 2 is 1.78 bits per heavy atom. The largest absolute Gasteiger partial charge is 0.493 e. The summed E-state index contributed by atoms with van der Waals surface area (Å²) in [5, 5.41) is 0.629. The highest BCUT2D eigenvalue weighted by molar-refractivity contribution is 6.30. The minimum absolute atomic E-state index is 0.300. The molecule has 5 heteroatoms. The Morgan fingerprint density at radius 3 is 2.35 bits per heavy atom. The van der Waals surface area contributed by atoms with Crippen LogP contribution in [-0.4, -0.2) is 26.9 Å². The third-order valence-electron chi connectivity index (χ3n) is 3.90. The molecule has 2 N–H and O–H groups in total. The first-order valence-electron chi connectivity index (χ1n) is 7.36. The smallest absolute Gasteiger partial charge is 0.162 e. The average Bonchev–Trinajstić information content (AvgIpc) is 2.56. The Hall–Kier alpha value is -1.75. The van der Waals surface area contributed by atoms with Gasteiger partial charge in [0, 0.05) is 18.7 Å². The molecule has 23 heavy (non-hydrogen) atoms. The third kappa shape index (κ3) is 3.78. The minimum atomic E-state index is -0.816. The van der Waals surface area contributed by atoms with Crippen LogP contribution in [0.5, 0.6) is 11.5 Å². The number of hydrogen-bond acceptors (Lipinski definition) is 4. The van der Waals surface area contributed by atoms with Crippen LogP contribution < -0.4 is 15.2 Å². The fourth-order valence-corrected chi connectivity index (χ4v) is 2.78. The molecule has 2 aromatic carbocycles. The highest BCUT2D eigenvalue weighted by Gasteiger charge is 2.39. The molecule has 2 atom stereocenters. The van der Waals surface area contributed by atoms with Crippen LogP contribution in [0.25, 0.3) is 0 Å². The summed E-state index contributed by atoms with van der Waals surface area (Å²) in [4.78, 5) is 0. The topological polar surface area (TPSA) is 53.7 Å². The zero-order valence-electron chi connectivity index (χ0n) is 13.6. The fourth-order valence-electron chi connectivity index (χ4n) is 2.59. The van der Waals surface area contributed by atoms with Crippen LogP contribution in [0.1, 0.15) is 12.5 Å². The van der Waals surface area contributed by atoms with Gasteiger partial charge < -0.3 is 19.9 Å². The van der Waals surface area contributed by atoms with Crippen molar-refractivity contribution in [1.29, 1.82) is 0 Å². The Kier molecular flexibility index (Phi) is 5.88. The molecule has 4 nitrogen and oxygen atoms in total. The zero-order chi connectivity index (χ0) is 16.9. The number of para-hydroxylation sites is 2. The summed E-state index contributed by atoms with van der Waals surface area (Å²) >= 11 is 6.15. The molecule has 0 aromatic heterocycles. The maximum Gasteiger partial charge on any atom is 0.162 e. The molecule has 124 valence electrons. The van der Waals surface area contributed by atoms with E-state index in [9.17, 15) is 0 Å². The molecule has 2 rings (SSSR count). The van der Waals surface area contributed by atoms with Crippen LogP contribution in [0.3, 0.4) is 0 Å². The van der Waals surface area contributed by atoms with E-state index in [0.29, 0.717) is 23.1 Å². The van der Waals surface area contributed by atoms with Crippen molar-refractivity contribution in [3.05, 3.63) is 59.1 Å². The number of ether oxygens (including phenoxy) is 3. The van der Waals surface area contributed by atoms with Crippen LogP contribution >= 0.6 is 11.6 Å². The Balaban J connectivity index is 2.49. The van der Waals surface area contributed by atoms with E-state index in [1.165, 1.54) is 0 Å². The second-order valence-corrected chi connectivity index (χ2v) is 5.77. The highest BCUT2D eigenvalue weighted by atomic mass is 35.5. The summed E-state index contributed by atoms with van der Waals surface area (Å²) in [5.41, 5.74) is 5.97. The highest BCUT2D eigenvalue weighted by Crippen LogP contribution is 2.37. The lowest BCUT2D eigenvalue weighted by Crippen LogP contribution is -2.47. The molecule has 0 saturated carbocycles. The zero-order valence-corrected chi connectivity index (χ0v) is 14.3. The van der Waals surface area contributed by atoms with E-state index < -0.39 is 5.60 Å². The average molecular weight is 336 g/mol. The van der Waals surface area contributed by atoms with Gasteiger partial charge in [0.25, 0.3) is 0 Å². The van der Waals surface area contributed by atoms with Gasteiger partial charge >= 0.3 is 0 Å². The Morgan fingerprint density at radius 1 is 1.09 bits per heavy atom. The maximum atomic E-state index is 6.32. The maximum absolute atomic E-state index is 6.32. The second kappa shape index (κ2) is 7.68. The summed E-state index contributed by atoms with van der Waals surface area (Å²) in [5.74, 6) is 1.26. The van der Waals surface area contributed by atoms with Gasteiger partial charge in [0.05, 0.1) is 7.11 Å². The Labute approximate surface area is 142 Å². The predicted molar refractivity (Wildman–Crippen MR) is 92.3 cm³/mol. The summed E-state index contributed by atoms with van der Waals surface area (Å²) in [6.07, 6.45) is -0.356. The van der Waals surface area contributed by atoms with Crippen molar-refractivity contribution in [3.8, 4) is 11.5 Å². The van der Waals surface area contributed by atoms with E-state index >= 15 is 0 Å². The first-order valence-corrected chi connectivity index (χ1v) is 7.74. The monoisotopic (exact) mass is 335 g/mol. The van der Waals surface area contributed by atoms with Crippen molar-refractivity contribution in [3.63, 3.8) is 0 Å². The number of rotatable bonds is 7. The molecular formula is C18H22ClNO3. The molecule has 0 aliphatic heterocycles. The van der Waals surface area contributed by atoms with E-state index in [1.807, 2.05) is 55.5 Å². The van der Waals surface area contributed by atoms with Crippen molar-refractivity contribution in [2.24, 2.45) is 5.73 Å². The molecule has 2 aromatic rings. The van der Waals surface area contributed by atoms with Gasteiger partial charge in [0.2, 0.25) is 0 Å². The van der Waals surface area contributed by atoms with Gasteiger partial charge in [-0.15, -0.1) is 0 Å². The number of benzene rings is 2. The molecule has 0 radical (unpaired) electrons. The van der Waals surface area contributed by atoms with Crippen LogP contribution in [0.2, 0.25) is 5.02 Å².